The van der Waals surface area contributed by atoms with Crippen LogP contribution in [0.2, 0.25) is 0 Å². The van der Waals surface area contributed by atoms with Gasteiger partial charge in [0.2, 0.25) is 0 Å². The van der Waals surface area contributed by atoms with Crippen LogP contribution in [0.5, 0.6) is 5.75 Å². The summed E-state index contributed by atoms with van der Waals surface area (Å²) >= 11 is 0. The van der Waals surface area contributed by atoms with Crippen LogP contribution in [0.15, 0.2) is 42.5 Å². The number of Topliss-reactive ketones (excluding diaryl/α,β-unsaturated/α-hetero) is 1. The standard InChI is InChI=1S/C19H18FNO5/c1-11(22)13-4-7-15(8-5-13)21-18(23)12(2)26-19(24)14-6-9-17(25-3)16(20)10-14/h4-10,12H,1-3H3,(H,21,23)/t12-/m1/s1. The van der Waals surface area contributed by atoms with Gasteiger partial charge in [0.15, 0.2) is 23.5 Å². The molecular formula is C19H18FNO5. The van der Waals surface area contributed by atoms with Gasteiger partial charge in [-0.15, -0.1) is 0 Å². The monoisotopic (exact) mass is 359 g/mol. The first-order chi connectivity index (χ1) is 12.3. The van der Waals surface area contributed by atoms with E-state index < -0.39 is 23.8 Å². The van der Waals surface area contributed by atoms with Gasteiger partial charge in [-0.25, -0.2) is 9.18 Å². The van der Waals surface area contributed by atoms with Crippen LogP contribution in [0.25, 0.3) is 0 Å². The molecule has 0 unspecified atom stereocenters. The molecule has 2 rings (SSSR count). The van der Waals surface area contributed by atoms with Crippen molar-refractivity contribution in [3.05, 3.63) is 59.4 Å². The Morgan fingerprint density at radius 3 is 2.19 bits per heavy atom. The highest BCUT2D eigenvalue weighted by atomic mass is 19.1. The summed E-state index contributed by atoms with van der Waals surface area (Å²) in [7, 11) is 1.31. The minimum atomic E-state index is -1.10. The summed E-state index contributed by atoms with van der Waals surface area (Å²) < 4.78 is 23.5. The van der Waals surface area contributed by atoms with Crippen LogP contribution in [-0.4, -0.2) is 30.9 Å². The second-order valence-corrected chi connectivity index (χ2v) is 5.52. The first kappa shape index (κ1) is 19.1. The van der Waals surface area contributed by atoms with Crippen molar-refractivity contribution in [3.8, 4) is 5.75 Å². The van der Waals surface area contributed by atoms with E-state index in [2.05, 4.69) is 5.32 Å². The largest absolute Gasteiger partial charge is 0.494 e. The lowest BCUT2D eigenvalue weighted by Crippen LogP contribution is -2.30. The predicted molar refractivity (Wildman–Crippen MR) is 92.9 cm³/mol. The fraction of sp³-hybridized carbons (Fsp3) is 0.211. The maximum Gasteiger partial charge on any atom is 0.339 e. The minimum absolute atomic E-state index is 0.00125. The third-order valence-corrected chi connectivity index (χ3v) is 3.60. The van der Waals surface area contributed by atoms with E-state index in [0.717, 1.165) is 6.07 Å². The van der Waals surface area contributed by atoms with E-state index in [1.807, 2.05) is 0 Å². The fourth-order valence-electron chi connectivity index (χ4n) is 2.11. The van der Waals surface area contributed by atoms with Gasteiger partial charge >= 0.3 is 5.97 Å². The topological polar surface area (TPSA) is 81.7 Å². The normalized spacial score (nSPS) is 11.4. The van der Waals surface area contributed by atoms with E-state index in [4.69, 9.17) is 9.47 Å². The zero-order valence-corrected chi connectivity index (χ0v) is 14.5. The number of hydrogen-bond acceptors (Lipinski definition) is 5. The van der Waals surface area contributed by atoms with Gasteiger partial charge in [-0.1, -0.05) is 0 Å². The van der Waals surface area contributed by atoms with Crippen molar-refractivity contribution in [1.82, 2.24) is 0 Å². The molecule has 1 atom stereocenters. The van der Waals surface area contributed by atoms with Gasteiger partial charge in [-0.05, 0) is 56.3 Å². The number of anilines is 1. The Morgan fingerprint density at radius 2 is 1.65 bits per heavy atom. The zero-order valence-electron chi connectivity index (χ0n) is 14.5. The van der Waals surface area contributed by atoms with E-state index in [1.54, 1.807) is 24.3 Å². The minimum Gasteiger partial charge on any atom is -0.494 e. The second kappa shape index (κ2) is 8.24. The number of amides is 1. The van der Waals surface area contributed by atoms with Crippen molar-refractivity contribution in [1.29, 1.82) is 0 Å². The fourth-order valence-corrected chi connectivity index (χ4v) is 2.11. The molecule has 0 saturated carbocycles. The SMILES string of the molecule is COc1ccc(C(=O)O[C@H](C)C(=O)Nc2ccc(C(C)=O)cc2)cc1F. The van der Waals surface area contributed by atoms with Crippen molar-refractivity contribution in [2.45, 2.75) is 20.0 Å². The van der Waals surface area contributed by atoms with E-state index in [0.29, 0.717) is 11.3 Å². The molecule has 0 fully saturated rings. The highest BCUT2D eigenvalue weighted by molar-refractivity contribution is 5.98. The molecule has 0 radical (unpaired) electrons. The Balaban J connectivity index is 1.98. The van der Waals surface area contributed by atoms with Crippen LogP contribution in [0, 0.1) is 5.82 Å². The summed E-state index contributed by atoms with van der Waals surface area (Å²) in [5.74, 6) is -2.17. The van der Waals surface area contributed by atoms with Crippen molar-refractivity contribution < 1.29 is 28.2 Å². The first-order valence-corrected chi connectivity index (χ1v) is 7.78. The maximum absolute atomic E-state index is 13.6. The van der Waals surface area contributed by atoms with E-state index in [1.165, 1.54) is 33.1 Å². The summed E-state index contributed by atoms with van der Waals surface area (Å²) in [6, 6.07) is 9.92. The number of ketones is 1. The number of hydrogen-bond donors (Lipinski definition) is 1. The molecule has 6 nitrogen and oxygen atoms in total. The summed E-state index contributed by atoms with van der Waals surface area (Å²) in [5, 5.41) is 2.57. The third-order valence-electron chi connectivity index (χ3n) is 3.60. The molecule has 26 heavy (non-hydrogen) atoms. The lowest BCUT2D eigenvalue weighted by atomic mass is 10.1. The van der Waals surface area contributed by atoms with Gasteiger partial charge in [-0.2, -0.15) is 0 Å². The Morgan fingerprint density at radius 1 is 1.04 bits per heavy atom. The number of benzene rings is 2. The average molecular weight is 359 g/mol. The van der Waals surface area contributed by atoms with Crippen molar-refractivity contribution in [3.63, 3.8) is 0 Å². The number of carbonyl (C=O) groups is 3. The second-order valence-electron chi connectivity index (χ2n) is 5.52. The molecule has 0 saturated heterocycles. The van der Waals surface area contributed by atoms with Crippen LogP contribution >= 0.6 is 0 Å². The van der Waals surface area contributed by atoms with Crippen LogP contribution in [0.4, 0.5) is 10.1 Å². The van der Waals surface area contributed by atoms with Crippen molar-refractivity contribution >= 4 is 23.3 Å². The van der Waals surface area contributed by atoms with E-state index in [9.17, 15) is 18.8 Å². The van der Waals surface area contributed by atoms with E-state index in [-0.39, 0.29) is 17.1 Å². The number of carbonyl (C=O) groups excluding carboxylic acids is 3. The first-order valence-electron chi connectivity index (χ1n) is 7.78. The van der Waals surface area contributed by atoms with Crippen molar-refractivity contribution in [2.75, 3.05) is 12.4 Å². The third kappa shape index (κ3) is 4.66. The lowest BCUT2D eigenvalue weighted by Gasteiger charge is -2.14. The predicted octanol–water partition coefficient (Wildman–Crippen LogP) is 3.22. The van der Waals surface area contributed by atoms with Gasteiger partial charge in [0.25, 0.3) is 5.91 Å². The molecule has 0 aliphatic rings. The molecule has 0 spiro atoms. The van der Waals surface area contributed by atoms with Gasteiger partial charge in [0.05, 0.1) is 12.7 Å². The quantitative estimate of drug-likeness (QED) is 0.633. The molecule has 7 heteroatoms. The summed E-state index contributed by atoms with van der Waals surface area (Å²) in [4.78, 5) is 35.4. The molecule has 2 aromatic rings. The molecule has 1 N–H and O–H groups in total. The molecule has 136 valence electrons. The van der Waals surface area contributed by atoms with Crippen LogP contribution in [-0.2, 0) is 9.53 Å². The van der Waals surface area contributed by atoms with Gasteiger partial charge in [0, 0.05) is 11.3 Å². The number of esters is 1. The average Bonchev–Trinajstić information content (AvgIpc) is 2.61. The number of rotatable bonds is 6. The van der Waals surface area contributed by atoms with Crippen LogP contribution in [0.3, 0.4) is 0 Å². The van der Waals surface area contributed by atoms with Gasteiger partial charge < -0.3 is 14.8 Å². The Hall–Kier alpha value is -3.22. The molecule has 0 aromatic heterocycles. The summed E-state index contributed by atoms with van der Waals surface area (Å²) in [6.45, 7) is 2.84. The maximum atomic E-state index is 13.6. The number of halogens is 1. The highest BCUT2D eigenvalue weighted by Gasteiger charge is 2.20. The number of nitrogens with one attached hydrogen (secondary N) is 1. The highest BCUT2D eigenvalue weighted by Crippen LogP contribution is 2.19. The summed E-state index contributed by atoms with van der Waals surface area (Å²) in [6.07, 6.45) is -1.10. The molecule has 0 aliphatic carbocycles. The van der Waals surface area contributed by atoms with Crippen molar-refractivity contribution in [2.24, 2.45) is 0 Å². The Kier molecular flexibility index (Phi) is 6.06. The summed E-state index contributed by atoms with van der Waals surface area (Å²) in [5.41, 5.74) is 0.941. The molecule has 0 aliphatic heterocycles. The molecule has 1 amide bonds. The van der Waals surface area contributed by atoms with E-state index >= 15 is 0 Å². The zero-order chi connectivity index (χ0) is 19.3. The molecule has 2 aromatic carbocycles. The van der Waals surface area contributed by atoms with Crippen LogP contribution < -0.4 is 10.1 Å². The van der Waals surface area contributed by atoms with Crippen LogP contribution in [0.1, 0.15) is 34.6 Å². The van der Waals surface area contributed by atoms with Gasteiger partial charge in [0.1, 0.15) is 0 Å². The number of methoxy groups -OCH3 is 1. The molecule has 0 heterocycles. The smallest absolute Gasteiger partial charge is 0.339 e. The Bertz CT molecular complexity index is 832. The number of ether oxygens (including phenoxy) is 2. The molecular weight excluding hydrogens is 341 g/mol. The van der Waals surface area contributed by atoms with Gasteiger partial charge in [-0.3, -0.25) is 9.59 Å². The molecule has 0 bridgehead atoms. The lowest BCUT2D eigenvalue weighted by molar-refractivity contribution is -0.123. The Labute approximate surface area is 149 Å².